The van der Waals surface area contributed by atoms with E-state index in [1.54, 1.807) is 0 Å². The number of nitrogens with zero attached hydrogens (tertiary/aromatic N) is 1. The van der Waals surface area contributed by atoms with Gasteiger partial charge in [-0.3, -0.25) is 4.79 Å². The second-order valence-corrected chi connectivity index (χ2v) is 6.32. The molecule has 2 aromatic carbocycles. The summed E-state index contributed by atoms with van der Waals surface area (Å²) in [5.74, 6) is 0.856. The molecule has 4 heteroatoms. The van der Waals surface area contributed by atoms with Crippen LogP contribution in [0.5, 0.6) is 5.75 Å². The van der Waals surface area contributed by atoms with E-state index in [0.29, 0.717) is 13.1 Å². The van der Waals surface area contributed by atoms with E-state index < -0.39 is 0 Å². The van der Waals surface area contributed by atoms with Crippen molar-refractivity contribution in [3.63, 3.8) is 0 Å². The smallest absolute Gasteiger partial charge is 0.245 e. The molecule has 0 saturated carbocycles. The van der Waals surface area contributed by atoms with E-state index in [1.165, 1.54) is 6.08 Å². The second kappa shape index (κ2) is 7.54. The van der Waals surface area contributed by atoms with Gasteiger partial charge in [-0.1, -0.05) is 42.4 Å². The highest BCUT2D eigenvalue weighted by Gasteiger charge is 2.22. The van der Waals surface area contributed by atoms with E-state index in [0.717, 1.165) is 34.7 Å². The van der Waals surface area contributed by atoms with Crippen molar-refractivity contribution in [1.29, 1.82) is 0 Å². The SMILES string of the molecule is C=CC(=O)N1CCC(Oc2cccc(-c3ccc(Cl)cc3)c2)CC1. The Morgan fingerprint density at radius 2 is 1.83 bits per heavy atom. The molecule has 3 rings (SSSR count). The first-order valence-corrected chi connectivity index (χ1v) is 8.47. The Labute approximate surface area is 147 Å². The molecule has 3 nitrogen and oxygen atoms in total. The van der Waals surface area contributed by atoms with E-state index in [4.69, 9.17) is 16.3 Å². The van der Waals surface area contributed by atoms with E-state index in [2.05, 4.69) is 12.6 Å². The van der Waals surface area contributed by atoms with Crippen molar-refractivity contribution in [3.8, 4) is 16.9 Å². The summed E-state index contributed by atoms with van der Waals surface area (Å²) in [6, 6.07) is 15.8. The number of ether oxygens (including phenoxy) is 1. The molecule has 0 bridgehead atoms. The zero-order valence-corrected chi connectivity index (χ0v) is 14.2. The van der Waals surface area contributed by atoms with Crippen LogP contribution < -0.4 is 4.74 Å². The highest BCUT2D eigenvalue weighted by molar-refractivity contribution is 6.30. The Bertz CT molecular complexity index is 719. The molecule has 1 saturated heterocycles. The van der Waals surface area contributed by atoms with Crippen molar-refractivity contribution in [2.24, 2.45) is 0 Å². The lowest BCUT2D eigenvalue weighted by molar-refractivity contribution is -0.127. The first kappa shape index (κ1) is 16.6. The molecule has 124 valence electrons. The van der Waals surface area contributed by atoms with Crippen LogP contribution in [0.3, 0.4) is 0 Å². The minimum Gasteiger partial charge on any atom is -0.490 e. The zero-order valence-electron chi connectivity index (χ0n) is 13.5. The van der Waals surface area contributed by atoms with Crippen molar-refractivity contribution < 1.29 is 9.53 Å². The zero-order chi connectivity index (χ0) is 16.9. The lowest BCUT2D eigenvalue weighted by atomic mass is 10.1. The molecule has 0 spiro atoms. The van der Waals surface area contributed by atoms with Crippen LogP contribution in [0.4, 0.5) is 0 Å². The molecule has 0 radical (unpaired) electrons. The topological polar surface area (TPSA) is 29.5 Å². The number of hydrogen-bond acceptors (Lipinski definition) is 2. The Hall–Kier alpha value is -2.26. The van der Waals surface area contributed by atoms with Gasteiger partial charge in [0.25, 0.3) is 0 Å². The molecule has 0 aliphatic carbocycles. The number of halogens is 1. The summed E-state index contributed by atoms with van der Waals surface area (Å²) < 4.78 is 6.11. The molecule has 1 fully saturated rings. The van der Waals surface area contributed by atoms with Gasteiger partial charge in [0.05, 0.1) is 0 Å². The predicted octanol–water partition coefficient (Wildman–Crippen LogP) is 4.56. The van der Waals surface area contributed by atoms with Crippen LogP contribution >= 0.6 is 11.6 Å². The van der Waals surface area contributed by atoms with Gasteiger partial charge in [-0.25, -0.2) is 0 Å². The van der Waals surface area contributed by atoms with Gasteiger partial charge in [0.1, 0.15) is 11.9 Å². The van der Waals surface area contributed by atoms with E-state index >= 15 is 0 Å². The van der Waals surface area contributed by atoms with Crippen LogP contribution in [0.15, 0.2) is 61.2 Å². The lowest BCUT2D eigenvalue weighted by Gasteiger charge is -2.31. The summed E-state index contributed by atoms with van der Waals surface area (Å²) >= 11 is 5.94. The Morgan fingerprint density at radius 3 is 2.50 bits per heavy atom. The third-order valence-corrected chi connectivity index (χ3v) is 4.49. The van der Waals surface area contributed by atoms with Crippen LogP contribution in [0.2, 0.25) is 5.02 Å². The monoisotopic (exact) mass is 341 g/mol. The molecule has 2 aromatic rings. The molecule has 0 aromatic heterocycles. The van der Waals surface area contributed by atoms with Gasteiger partial charge in [0.2, 0.25) is 5.91 Å². The van der Waals surface area contributed by atoms with Gasteiger partial charge < -0.3 is 9.64 Å². The van der Waals surface area contributed by atoms with Crippen molar-refractivity contribution in [1.82, 2.24) is 4.90 Å². The normalized spacial score (nSPS) is 15.1. The van der Waals surface area contributed by atoms with Crippen molar-refractivity contribution in [3.05, 3.63) is 66.2 Å². The maximum absolute atomic E-state index is 11.6. The summed E-state index contributed by atoms with van der Waals surface area (Å²) in [6.07, 6.45) is 3.19. The number of rotatable bonds is 4. The molecule has 0 atom stereocenters. The van der Waals surface area contributed by atoms with Gasteiger partial charge in [0.15, 0.2) is 0 Å². The van der Waals surface area contributed by atoms with Crippen LogP contribution in [-0.4, -0.2) is 30.0 Å². The number of amides is 1. The molecular formula is C20H20ClNO2. The first-order valence-electron chi connectivity index (χ1n) is 8.10. The maximum atomic E-state index is 11.6. The fraction of sp³-hybridized carbons (Fsp3) is 0.250. The summed E-state index contributed by atoms with van der Waals surface area (Å²) in [6.45, 7) is 4.97. The van der Waals surface area contributed by atoms with Crippen LogP contribution in [-0.2, 0) is 4.79 Å². The number of likely N-dealkylation sites (tertiary alicyclic amines) is 1. The number of carbonyl (C=O) groups is 1. The standard InChI is InChI=1S/C20H20ClNO2/c1-2-20(23)22-12-10-18(11-13-22)24-19-5-3-4-16(14-19)15-6-8-17(21)9-7-15/h2-9,14,18H,1,10-13H2. The summed E-state index contributed by atoms with van der Waals surface area (Å²) in [7, 11) is 0. The van der Waals surface area contributed by atoms with Gasteiger partial charge in [-0.15, -0.1) is 0 Å². The first-order chi connectivity index (χ1) is 11.7. The summed E-state index contributed by atoms with van der Waals surface area (Å²) in [5, 5.41) is 0.729. The quantitative estimate of drug-likeness (QED) is 0.763. The number of hydrogen-bond donors (Lipinski definition) is 0. The fourth-order valence-electron chi connectivity index (χ4n) is 2.91. The fourth-order valence-corrected chi connectivity index (χ4v) is 3.03. The van der Waals surface area contributed by atoms with Crippen molar-refractivity contribution in [2.75, 3.05) is 13.1 Å². The highest BCUT2D eigenvalue weighted by Crippen LogP contribution is 2.27. The third-order valence-electron chi connectivity index (χ3n) is 4.24. The second-order valence-electron chi connectivity index (χ2n) is 5.88. The molecule has 1 heterocycles. The molecule has 0 unspecified atom stereocenters. The molecule has 1 aliphatic heterocycles. The number of piperidine rings is 1. The van der Waals surface area contributed by atoms with Crippen molar-refractivity contribution in [2.45, 2.75) is 18.9 Å². The molecule has 24 heavy (non-hydrogen) atoms. The Kier molecular flexibility index (Phi) is 5.21. The number of benzene rings is 2. The van der Waals surface area contributed by atoms with Crippen LogP contribution in [0, 0.1) is 0 Å². The maximum Gasteiger partial charge on any atom is 0.245 e. The van der Waals surface area contributed by atoms with Gasteiger partial charge >= 0.3 is 0 Å². The predicted molar refractivity (Wildman–Crippen MR) is 97.3 cm³/mol. The van der Waals surface area contributed by atoms with Gasteiger partial charge in [-0.05, 0) is 41.5 Å². The van der Waals surface area contributed by atoms with E-state index in [9.17, 15) is 4.79 Å². The van der Waals surface area contributed by atoms with E-state index in [-0.39, 0.29) is 12.0 Å². The summed E-state index contributed by atoms with van der Waals surface area (Å²) in [5.41, 5.74) is 2.21. The van der Waals surface area contributed by atoms with Crippen LogP contribution in [0.1, 0.15) is 12.8 Å². The minimum atomic E-state index is -0.00168. The highest BCUT2D eigenvalue weighted by atomic mass is 35.5. The third kappa shape index (κ3) is 3.98. The minimum absolute atomic E-state index is 0.00168. The molecular weight excluding hydrogens is 322 g/mol. The van der Waals surface area contributed by atoms with Gasteiger partial charge in [0, 0.05) is 31.0 Å². The molecule has 1 amide bonds. The Morgan fingerprint density at radius 1 is 1.12 bits per heavy atom. The summed E-state index contributed by atoms with van der Waals surface area (Å²) in [4.78, 5) is 13.4. The Balaban J connectivity index is 1.64. The lowest BCUT2D eigenvalue weighted by Crippen LogP contribution is -2.41. The van der Waals surface area contributed by atoms with Gasteiger partial charge in [-0.2, -0.15) is 0 Å². The van der Waals surface area contributed by atoms with Crippen molar-refractivity contribution >= 4 is 17.5 Å². The van der Waals surface area contributed by atoms with Crippen LogP contribution in [0.25, 0.3) is 11.1 Å². The molecule has 1 aliphatic rings. The average molecular weight is 342 g/mol. The number of carbonyl (C=O) groups excluding carboxylic acids is 1. The average Bonchev–Trinajstić information content (AvgIpc) is 2.62. The van der Waals surface area contributed by atoms with E-state index in [1.807, 2.05) is 47.4 Å². The molecule has 0 N–H and O–H groups in total. The largest absolute Gasteiger partial charge is 0.490 e.